The number of rotatable bonds is 1. The van der Waals surface area contributed by atoms with Crippen LogP contribution in [0.1, 0.15) is 58.5 Å². The lowest BCUT2D eigenvalue weighted by Gasteiger charge is -2.07. The molecule has 0 bridgehead atoms. The fourth-order valence-corrected chi connectivity index (χ4v) is 1.07. The van der Waals surface area contributed by atoms with Gasteiger partial charge in [0.1, 0.15) is 5.75 Å². The van der Waals surface area contributed by atoms with E-state index in [0.29, 0.717) is 0 Å². The van der Waals surface area contributed by atoms with Crippen LogP contribution in [0.25, 0.3) is 0 Å². The summed E-state index contributed by atoms with van der Waals surface area (Å²) in [5.41, 5.74) is 3.17. The highest BCUT2D eigenvalue weighted by atomic mass is 16.5. The second kappa shape index (κ2) is 14.9. The summed E-state index contributed by atoms with van der Waals surface area (Å²) in [5.74, 6) is 0.926. The Bertz CT molecular complexity index is 270. The van der Waals surface area contributed by atoms with Gasteiger partial charge in [-0.1, -0.05) is 41.5 Å². The van der Waals surface area contributed by atoms with E-state index in [9.17, 15) is 0 Å². The van der Waals surface area contributed by atoms with Crippen LogP contribution in [-0.2, 0) is 0 Å². The van der Waals surface area contributed by atoms with Crippen molar-refractivity contribution in [2.75, 3.05) is 7.11 Å². The first-order valence-corrected chi connectivity index (χ1v) is 6.64. The van der Waals surface area contributed by atoms with E-state index in [1.807, 2.05) is 68.4 Å². The highest BCUT2D eigenvalue weighted by molar-refractivity contribution is 5.36. The molecule has 0 aromatic carbocycles. The lowest BCUT2D eigenvalue weighted by Crippen LogP contribution is -1.94. The third kappa shape index (κ3) is 8.73. The minimum Gasteiger partial charge on any atom is -0.496 e. The summed E-state index contributed by atoms with van der Waals surface area (Å²) in [7, 11) is 1.68. The maximum absolute atomic E-state index is 5.17. The molecule has 102 valence electrons. The first kappa shape index (κ1) is 21.3. The highest BCUT2D eigenvalue weighted by Gasteiger charge is 2.02. The second-order valence-corrected chi connectivity index (χ2v) is 2.68. The van der Waals surface area contributed by atoms with E-state index in [4.69, 9.17) is 4.74 Å². The quantitative estimate of drug-likeness (QED) is 0.683. The Labute approximate surface area is 108 Å². The van der Waals surface area contributed by atoms with Crippen molar-refractivity contribution < 1.29 is 4.74 Å². The van der Waals surface area contributed by atoms with Crippen molar-refractivity contribution in [2.45, 2.75) is 62.3 Å². The summed E-state index contributed by atoms with van der Waals surface area (Å²) in [6.45, 7) is 18.0. The van der Waals surface area contributed by atoms with E-state index in [-0.39, 0.29) is 0 Å². The molecule has 0 amide bonds. The molecule has 17 heavy (non-hydrogen) atoms. The van der Waals surface area contributed by atoms with Gasteiger partial charge in [-0.3, -0.25) is 4.98 Å². The van der Waals surface area contributed by atoms with Gasteiger partial charge in [-0.25, -0.2) is 0 Å². The predicted molar refractivity (Wildman–Crippen MR) is 79.0 cm³/mol. The van der Waals surface area contributed by atoms with Crippen LogP contribution in [0.3, 0.4) is 0 Å². The zero-order valence-corrected chi connectivity index (χ0v) is 13.4. The van der Waals surface area contributed by atoms with Crippen LogP contribution in [0.15, 0.2) is 6.07 Å². The molecule has 0 spiro atoms. The van der Waals surface area contributed by atoms with E-state index in [2.05, 4.69) is 4.98 Å². The van der Waals surface area contributed by atoms with E-state index in [1.165, 1.54) is 0 Å². The zero-order valence-electron chi connectivity index (χ0n) is 13.4. The third-order valence-electron chi connectivity index (χ3n) is 1.82. The van der Waals surface area contributed by atoms with Crippen LogP contribution in [-0.4, -0.2) is 12.1 Å². The molecule has 0 N–H and O–H groups in total. The maximum atomic E-state index is 5.17. The number of pyridine rings is 1. The number of aromatic nitrogens is 1. The number of aryl methyl sites for hydroxylation is 2. The van der Waals surface area contributed by atoms with Crippen molar-refractivity contribution in [3.8, 4) is 5.75 Å². The van der Waals surface area contributed by atoms with Gasteiger partial charge in [0.25, 0.3) is 0 Å². The van der Waals surface area contributed by atoms with Crippen LogP contribution in [0.5, 0.6) is 5.75 Å². The zero-order chi connectivity index (χ0) is 14.4. The normalized spacial score (nSPS) is 7.41. The van der Waals surface area contributed by atoms with Crippen LogP contribution in [0, 0.1) is 20.8 Å². The Morgan fingerprint density at radius 2 is 1.29 bits per heavy atom. The van der Waals surface area contributed by atoms with E-state index >= 15 is 0 Å². The Morgan fingerprint density at radius 3 is 1.65 bits per heavy atom. The molecule has 0 radical (unpaired) electrons. The second-order valence-electron chi connectivity index (χ2n) is 2.68. The molecular formula is C15H31NO. The lowest BCUT2D eigenvalue weighted by molar-refractivity contribution is 0.410. The summed E-state index contributed by atoms with van der Waals surface area (Å²) >= 11 is 0. The molecule has 0 aliphatic heterocycles. The molecule has 1 rings (SSSR count). The molecule has 0 saturated heterocycles. The van der Waals surface area contributed by atoms with Gasteiger partial charge >= 0.3 is 0 Å². The predicted octanol–water partition coefficient (Wildman–Crippen LogP) is 5.09. The van der Waals surface area contributed by atoms with Gasteiger partial charge < -0.3 is 4.74 Å². The minimum atomic E-state index is 0.926. The van der Waals surface area contributed by atoms with Gasteiger partial charge in [0, 0.05) is 23.0 Å². The standard InChI is InChI=1S/C9H13NO.3C2H6/c1-6-5-9(11-4)7(2)8(3)10-6;3*1-2/h5H,1-4H3;3*1-2H3. The molecule has 2 nitrogen and oxygen atoms in total. The number of ether oxygens (including phenoxy) is 1. The number of hydrogen-bond acceptors (Lipinski definition) is 2. The minimum absolute atomic E-state index is 0.926. The molecule has 0 aliphatic rings. The van der Waals surface area contributed by atoms with Crippen molar-refractivity contribution in [2.24, 2.45) is 0 Å². The van der Waals surface area contributed by atoms with Gasteiger partial charge in [-0.05, 0) is 20.8 Å². The van der Waals surface area contributed by atoms with Crippen molar-refractivity contribution >= 4 is 0 Å². The molecule has 1 aromatic heterocycles. The Kier molecular flexibility index (Phi) is 18.7. The monoisotopic (exact) mass is 241 g/mol. The first-order valence-electron chi connectivity index (χ1n) is 6.64. The van der Waals surface area contributed by atoms with Crippen molar-refractivity contribution in [1.29, 1.82) is 0 Å². The van der Waals surface area contributed by atoms with Crippen LogP contribution in [0.2, 0.25) is 0 Å². The highest BCUT2D eigenvalue weighted by Crippen LogP contribution is 2.19. The molecule has 0 unspecified atom stereocenters. The van der Waals surface area contributed by atoms with E-state index in [1.54, 1.807) is 7.11 Å². The average Bonchev–Trinajstić information content (AvgIpc) is 2.41. The summed E-state index contributed by atoms with van der Waals surface area (Å²) in [6, 6.07) is 1.95. The van der Waals surface area contributed by atoms with Gasteiger partial charge in [0.05, 0.1) is 7.11 Å². The van der Waals surface area contributed by atoms with E-state index in [0.717, 1.165) is 22.7 Å². The number of nitrogens with zero attached hydrogens (tertiary/aromatic N) is 1. The smallest absolute Gasteiger partial charge is 0.125 e. The number of hydrogen-bond donors (Lipinski definition) is 0. The summed E-state index contributed by atoms with van der Waals surface area (Å²) in [6.07, 6.45) is 0. The van der Waals surface area contributed by atoms with Gasteiger partial charge in [0.15, 0.2) is 0 Å². The summed E-state index contributed by atoms with van der Waals surface area (Å²) in [5, 5.41) is 0. The average molecular weight is 241 g/mol. The fourth-order valence-electron chi connectivity index (χ4n) is 1.07. The first-order chi connectivity index (χ1) is 8.15. The Hall–Kier alpha value is -1.05. The topological polar surface area (TPSA) is 22.1 Å². The van der Waals surface area contributed by atoms with Crippen molar-refractivity contribution in [3.63, 3.8) is 0 Å². The molecule has 0 saturated carbocycles. The Balaban J connectivity index is -0.000000285. The van der Waals surface area contributed by atoms with Crippen molar-refractivity contribution in [1.82, 2.24) is 4.98 Å². The molecule has 2 heteroatoms. The third-order valence-corrected chi connectivity index (χ3v) is 1.82. The summed E-state index contributed by atoms with van der Waals surface area (Å²) in [4.78, 5) is 4.30. The van der Waals surface area contributed by atoms with Gasteiger partial charge in [0.2, 0.25) is 0 Å². The van der Waals surface area contributed by atoms with Crippen molar-refractivity contribution in [3.05, 3.63) is 23.0 Å². The SMILES string of the molecule is CC.CC.CC.COc1cc(C)nc(C)c1C. The van der Waals surface area contributed by atoms with Crippen LogP contribution < -0.4 is 4.74 Å². The number of methoxy groups -OCH3 is 1. The largest absolute Gasteiger partial charge is 0.496 e. The molecule has 1 heterocycles. The van der Waals surface area contributed by atoms with Gasteiger partial charge in [-0.2, -0.15) is 0 Å². The molecular weight excluding hydrogens is 210 g/mol. The molecule has 0 fully saturated rings. The lowest BCUT2D eigenvalue weighted by atomic mass is 10.2. The van der Waals surface area contributed by atoms with Crippen LogP contribution >= 0.6 is 0 Å². The Morgan fingerprint density at radius 1 is 0.882 bits per heavy atom. The maximum Gasteiger partial charge on any atom is 0.125 e. The fraction of sp³-hybridized carbons (Fsp3) is 0.667. The summed E-state index contributed by atoms with van der Waals surface area (Å²) < 4.78 is 5.17. The van der Waals surface area contributed by atoms with E-state index < -0.39 is 0 Å². The molecule has 0 aliphatic carbocycles. The molecule has 0 atom stereocenters. The molecule has 1 aromatic rings. The van der Waals surface area contributed by atoms with Gasteiger partial charge in [-0.15, -0.1) is 0 Å². The van der Waals surface area contributed by atoms with Crippen LogP contribution in [0.4, 0.5) is 0 Å².